The van der Waals surface area contributed by atoms with Gasteiger partial charge in [0.2, 0.25) is 17.6 Å². The number of amides is 2. The minimum atomic E-state index is -0.494. The van der Waals surface area contributed by atoms with Gasteiger partial charge >= 0.3 is 0 Å². The average Bonchev–Trinajstić information content (AvgIpc) is 3.01. The molecule has 0 bridgehead atoms. The summed E-state index contributed by atoms with van der Waals surface area (Å²) in [7, 11) is 0. The summed E-state index contributed by atoms with van der Waals surface area (Å²) in [5.41, 5.74) is 6.31. The van der Waals surface area contributed by atoms with Gasteiger partial charge in [0.15, 0.2) is 0 Å². The number of carbonyl (C=O) groups is 2. The van der Waals surface area contributed by atoms with Gasteiger partial charge in [-0.05, 0) is 43.0 Å². The zero-order valence-corrected chi connectivity index (χ0v) is 14.8. The van der Waals surface area contributed by atoms with Crippen molar-refractivity contribution in [3.63, 3.8) is 0 Å². The Balaban J connectivity index is 1.92. The van der Waals surface area contributed by atoms with Crippen LogP contribution in [0.4, 0.5) is 0 Å². The van der Waals surface area contributed by atoms with Crippen molar-refractivity contribution in [3.05, 3.63) is 29.8 Å². The molecule has 1 atom stereocenters. The summed E-state index contributed by atoms with van der Waals surface area (Å²) in [4.78, 5) is 24.4. The molecule has 2 amide bonds. The maximum Gasteiger partial charge on any atom is 0.248 e. The second kappa shape index (κ2) is 8.36. The summed E-state index contributed by atoms with van der Waals surface area (Å²) in [5.74, 6) is 0.354. The van der Waals surface area contributed by atoms with E-state index in [0.29, 0.717) is 22.9 Å². The minimum Gasteiger partial charge on any atom is -0.366 e. The van der Waals surface area contributed by atoms with Gasteiger partial charge in [-0.3, -0.25) is 9.59 Å². The maximum absolute atomic E-state index is 12.0. The Bertz CT molecular complexity index is 723. The van der Waals surface area contributed by atoms with Gasteiger partial charge in [0.1, 0.15) is 6.54 Å². The van der Waals surface area contributed by atoms with E-state index < -0.39 is 5.91 Å². The van der Waals surface area contributed by atoms with E-state index in [0.717, 1.165) is 12.8 Å². The van der Waals surface area contributed by atoms with Crippen LogP contribution in [0, 0.1) is 5.92 Å². The smallest absolute Gasteiger partial charge is 0.248 e. The standard InChI is InChI=1S/C17H24N6O2/c1-11(2)4-5-12(3)19-15(24)10-23-21-17(20-22-23)14-8-6-13(7-9-14)16(18)25/h6-9,11-12H,4-5,10H2,1-3H3,(H2,18,25)(H,19,24)/t12-/m0/s1. The Morgan fingerprint density at radius 2 is 1.84 bits per heavy atom. The molecule has 0 saturated heterocycles. The number of nitrogens with zero attached hydrogens (tertiary/aromatic N) is 4. The summed E-state index contributed by atoms with van der Waals surface area (Å²) in [6, 6.07) is 6.69. The molecule has 0 radical (unpaired) electrons. The molecule has 0 spiro atoms. The Hall–Kier alpha value is -2.77. The third kappa shape index (κ3) is 5.66. The second-order valence-corrected chi connectivity index (χ2v) is 6.52. The highest BCUT2D eigenvalue weighted by atomic mass is 16.2. The third-order valence-electron chi connectivity index (χ3n) is 3.75. The van der Waals surface area contributed by atoms with Gasteiger partial charge in [-0.25, -0.2) is 0 Å². The molecule has 0 unspecified atom stereocenters. The van der Waals surface area contributed by atoms with Crippen LogP contribution in [0.15, 0.2) is 24.3 Å². The van der Waals surface area contributed by atoms with Crippen LogP contribution in [0.1, 0.15) is 44.0 Å². The van der Waals surface area contributed by atoms with Gasteiger partial charge in [0.05, 0.1) is 0 Å². The van der Waals surface area contributed by atoms with Crippen molar-refractivity contribution < 1.29 is 9.59 Å². The van der Waals surface area contributed by atoms with Crippen molar-refractivity contribution in [1.82, 2.24) is 25.5 Å². The van der Waals surface area contributed by atoms with Gasteiger partial charge in [-0.15, -0.1) is 10.2 Å². The topological polar surface area (TPSA) is 116 Å². The van der Waals surface area contributed by atoms with Gasteiger partial charge in [0.25, 0.3) is 0 Å². The van der Waals surface area contributed by atoms with E-state index in [1.807, 2.05) is 6.92 Å². The largest absolute Gasteiger partial charge is 0.366 e. The fourth-order valence-electron chi connectivity index (χ4n) is 2.31. The van der Waals surface area contributed by atoms with Gasteiger partial charge in [0, 0.05) is 17.2 Å². The molecule has 8 nitrogen and oxygen atoms in total. The monoisotopic (exact) mass is 344 g/mol. The van der Waals surface area contributed by atoms with Gasteiger partial charge < -0.3 is 11.1 Å². The van der Waals surface area contributed by atoms with Crippen LogP contribution in [0.5, 0.6) is 0 Å². The number of nitrogens with one attached hydrogen (secondary N) is 1. The molecule has 2 rings (SSSR count). The SMILES string of the molecule is CC(C)CC[C@H](C)NC(=O)Cn1nnc(-c2ccc(C(N)=O)cc2)n1. The number of hydrogen-bond donors (Lipinski definition) is 2. The predicted octanol–water partition coefficient (Wildman–Crippen LogP) is 1.38. The maximum atomic E-state index is 12.0. The number of tetrazole rings is 1. The molecule has 0 saturated carbocycles. The molecule has 1 aromatic heterocycles. The lowest BCUT2D eigenvalue weighted by Crippen LogP contribution is -2.35. The number of primary amides is 1. The molecule has 134 valence electrons. The van der Waals surface area contributed by atoms with E-state index in [9.17, 15) is 9.59 Å². The number of carbonyl (C=O) groups excluding carboxylic acids is 2. The first-order valence-electron chi connectivity index (χ1n) is 8.32. The molecule has 1 aromatic carbocycles. The molecule has 1 heterocycles. The van der Waals surface area contributed by atoms with E-state index >= 15 is 0 Å². The Morgan fingerprint density at radius 3 is 2.44 bits per heavy atom. The van der Waals surface area contributed by atoms with E-state index in [-0.39, 0.29) is 18.5 Å². The third-order valence-corrected chi connectivity index (χ3v) is 3.75. The van der Waals surface area contributed by atoms with Crippen LogP contribution >= 0.6 is 0 Å². The first-order chi connectivity index (χ1) is 11.8. The van der Waals surface area contributed by atoms with E-state index in [1.165, 1.54) is 4.80 Å². The Morgan fingerprint density at radius 1 is 1.16 bits per heavy atom. The highest BCUT2D eigenvalue weighted by Gasteiger charge is 2.12. The summed E-state index contributed by atoms with van der Waals surface area (Å²) in [6.45, 7) is 6.32. The molecular weight excluding hydrogens is 320 g/mol. The zero-order chi connectivity index (χ0) is 18.4. The highest BCUT2D eigenvalue weighted by Crippen LogP contribution is 2.14. The molecular formula is C17H24N6O2. The van der Waals surface area contributed by atoms with Crippen LogP contribution < -0.4 is 11.1 Å². The lowest BCUT2D eigenvalue weighted by atomic mass is 10.0. The molecule has 0 aliphatic rings. The van der Waals surface area contributed by atoms with Crippen LogP contribution in [0.3, 0.4) is 0 Å². The van der Waals surface area contributed by atoms with E-state index in [4.69, 9.17) is 5.73 Å². The number of rotatable bonds is 8. The lowest BCUT2D eigenvalue weighted by molar-refractivity contribution is -0.122. The van der Waals surface area contributed by atoms with Crippen LogP contribution in [0.25, 0.3) is 11.4 Å². The fraction of sp³-hybridized carbons (Fsp3) is 0.471. The van der Waals surface area contributed by atoms with Crippen molar-refractivity contribution in [2.75, 3.05) is 0 Å². The Kier molecular flexibility index (Phi) is 6.21. The number of aromatic nitrogens is 4. The predicted molar refractivity (Wildman–Crippen MR) is 93.4 cm³/mol. The van der Waals surface area contributed by atoms with Crippen molar-refractivity contribution in [1.29, 1.82) is 0 Å². The first-order valence-corrected chi connectivity index (χ1v) is 8.32. The molecule has 0 aliphatic heterocycles. The van der Waals surface area contributed by atoms with Crippen molar-refractivity contribution in [3.8, 4) is 11.4 Å². The summed E-state index contributed by atoms with van der Waals surface area (Å²) in [5, 5.41) is 15.0. The second-order valence-electron chi connectivity index (χ2n) is 6.52. The van der Waals surface area contributed by atoms with Gasteiger partial charge in [-0.2, -0.15) is 4.80 Å². The van der Waals surface area contributed by atoms with Gasteiger partial charge in [-0.1, -0.05) is 26.0 Å². The normalized spacial score (nSPS) is 12.2. The summed E-state index contributed by atoms with van der Waals surface area (Å²) < 4.78 is 0. The van der Waals surface area contributed by atoms with Crippen LogP contribution in [-0.2, 0) is 11.3 Å². The minimum absolute atomic E-state index is 0.0123. The summed E-state index contributed by atoms with van der Waals surface area (Å²) in [6.07, 6.45) is 2.00. The number of nitrogens with two attached hydrogens (primary N) is 1. The molecule has 0 fully saturated rings. The average molecular weight is 344 g/mol. The van der Waals surface area contributed by atoms with Crippen molar-refractivity contribution >= 4 is 11.8 Å². The zero-order valence-electron chi connectivity index (χ0n) is 14.8. The van der Waals surface area contributed by atoms with Crippen molar-refractivity contribution in [2.24, 2.45) is 11.7 Å². The quantitative estimate of drug-likeness (QED) is 0.750. The molecule has 0 aliphatic carbocycles. The van der Waals surface area contributed by atoms with E-state index in [1.54, 1.807) is 24.3 Å². The summed E-state index contributed by atoms with van der Waals surface area (Å²) >= 11 is 0. The molecule has 3 N–H and O–H groups in total. The van der Waals surface area contributed by atoms with Crippen molar-refractivity contribution in [2.45, 2.75) is 46.2 Å². The Labute approximate surface area is 146 Å². The number of benzene rings is 1. The fourth-order valence-corrected chi connectivity index (χ4v) is 2.31. The van der Waals surface area contributed by atoms with Crippen LogP contribution in [0.2, 0.25) is 0 Å². The molecule has 25 heavy (non-hydrogen) atoms. The van der Waals surface area contributed by atoms with E-state index in [2.05, 4.69) is 34.6 Å². The molecule has 2 aromatic rings. The lowest BCUT2D eigenvalue weighted by Gasteiger charge is -2.14. The first kappa shape index (κ1) is 18.6. The molecule has 8 heteroatoms. The van der Waals surface area contributed by atoms with Crippen LogP contribution in [-0.4, -0.2) is 38.1 Å². The highest BCUT2D eigenvalue weighted by molar-refractivity contribution is 5.93. The number of hydrogen-bond acceptors (Lipinski definition) is 5.